The summed E-state index contributed by atoms with van der Waals surface area (Å²) in [5.41, 5.74) is -0.933. The molecule has 3 fully saturated rings. The van der Waals surface area contributed by atoms with Crippen LogP contribution in [0.25, 0.3) is 0 Å². The van der Waals surface area contributed by atoms with Crippen LogP contribution in [0.1, 0.15) is 51.9 Å². The first-order chi connectivity index (χ1) is 11.8. The minimum absolute atomic E-state index is 0.0972. The third-order valence-electron chi connectivity index (χ3n) is 8.40. The Morgan fingerprint density at radius 2 is 2.04 bits per heavy atom. The Labute approximate surface area is 150 Å². The van der Waals surface area contributed by atoms with Crippen LogP contribution in [0.15, 0.2) is 11.6 Å². The lowest BCUT2D eigenvalue weighted by Gasteiger charge is -2.60. The molecule has 0 saturated heterocycles. The first-order valence-electron chi connectivity index (χ1n) is 9.68. The standard InChI is InChI=1S/C21H30O4/c1-3-21(25)9-7-16-15-5-4-13-10-14(23)6-8-19(13,2)18(15)17(24)11-20(16,21)12-22/h1,4,14-18,22-25H,5-12H2,2H3/t14-,15-,16-,17+,18+,19-,20+,21-/m0/s1. The van der Waals surface area contributed by atoms with E-state index in [1.165, 1.54) is 5.57 Å². The van der Waals surface area contributed by atoms with Crippen molar-refractivity contribution in [3.8, 4) is 12.3 Å². The number of fused-ring (bicyclic) bond motifs is 5. The van der Waals surface area contributed by atoms with Crippen molar-refractivity contribution in [2.75, 3.05) is 6.61 Å². The molecule has 4 heteroatoms. The van der Waals surface area contributed by atoms with E-state index in [9.17, 15) is 20.4 Å². The Kier molecular flexibility index (Phi) is 3.91. The Hall–Kier alpha value is -0.860. The molecule has 0 bridgehead atoms. The second-order valence-electron chi connectivity index (χ2n) is 9.20. The third kappa shape index (κ3) is 2.10. The van der Waals surface area contributed by atoms with Crippen LogP contribution in [-0.4, -0.2) is 44.8 Å². The summed E-state index contributed by atoms with van der Waals surface area (Å²) >= 11 is 0. The quantitative estimate of drug-likeness (QED) is 0.430. The van der Waals surface area contributed by atoms with E-state index in [1.54, 1.807) is 0 Å². The molecule has 0 aromatic heterocycles. The fourth-order valence-electron chi connectivity index (χ4n) is 7.10. The van der Waals surface area contributed by atoms with Gasteiger partial charge in [0, 0.05) is 5.41 Å². The lowest BCUT2D eigenvalue weighted by atomic mass is 9.46. The van der Waals surface area contributed by atoms with Crippen LogP contribution in [0, 0.1) is 40.9 Å². The first-order valence-corrected chi connectivity index (χ1v) is 9.68. The molecular weight excluding hydrogens is 316 g/mol. The van der Waals surface area contributed by atoms with Crippen molar-refractivity contribution in [1.29, 1.82) is 0 Å². The van der Waals surface area contributed by atoms with E-state index >= 15 is 0 Å². The Bertz CT molecular complexity index is 636. The first kappa shape index (κ1) is 17.5. The van der Waals surface area contributed by atoms with Crippen LogP contribution in [0.4, 0.5) is 0 Å². The molecular formula is C21H30O4. The van der Waals surface area contributed by atoms with Crippen molar-refractivity contribution < 1.29 is 20.4 Å². The highest BCUT2D eigenvalue weighted by Crippen LogP contribution is 2.66. The molecule has 8 atom stereocenters. The molecule has 0 unspecified atom stereocenters. The van der Waals surface area contributed by atoms with E-state index in [-0.39, 0.29) is 35.9 Å². The van der Waals surface area contributed by atoms with Gasteiger partial charge in [-0.25, -0.2) is 0 Å². The van der Waals surface area contributed by atoms with E-state index in [4.69, 9.17) is 6.42 Å². The Morgan fingerprint density at radius 1 is 1.28 bits per heavy atom. The van der Waals surface area contributed by atoms with Gasteiger partial charge >= 0.3 is 0 Å². The van der Waals surface area contributed by atoms with Crippen LogP contribution in [0.5, 0.6) is 0 Å². The molecule has 0 aromatic carbocycles. The van der Waals surface area contributed by atoms with Gasteiger partial charge in [-0.1, -0.05) is 24.5 Å². The molecule has 4 aliphatic carbocycles. The van der Waals surface area contributed by atoms with Crippen LogP contribution < -0.4 is 0 Å². The number of hydrogen-bond acceptors (Lipinski definition) is 4. The fourth-order valence-corrected chi connectivity index (χ4v) is 7.10. The molecule has 0 radical (unpaired) electrons. The second kappa shape index (κ2) is 5.57. The van der Waals surface area contributed by atoms with Gasteiger partial charge in [0.05, 0.1) is 18.8 Å². The van der Waals surface area contributed by atoms with Crippen LogP contribution in [0.3, 0.4) is 0 Å². The number of aliphatic hydroxyl groups excluding tert-OH is 3. The van der Waals surface area contributed by atoms with E-state index in [1.807, 2.05) is 0 Å². The zero-order chi connectivity index (χ0) is 18.0. The molecule has 0 aromatic rings. The van der Waals surface area contributed by atoms with Gasteiger partial charge in [-0.3, -0.25) is 0 Å². The summed E-state index contributed by atoms with van der Waals surface area (Å²) in [5.74, 6) is 3.03. The number of terminal acetylenes is 1. The van der Waals surface area contributed by atoms with Crippen molar-refractivity contribution in [2.24, 2.45) is 28.6 Å². The van der Waals surface area contributed by atoms with Gasteiger partial charge in [0.1, 0.15) is 5.60 Å². The molecule has 4 N–H and O–H groups in total. The zero-order valence-electron chi connectivity index (χ0n) is 15.0. The maximum Gasteiger partial charge on any atom is 0.133 e. The predicted octanol–water partition coefficient (Wildman–Crippen LogP) is 1.62. The molecule has 3 saturated carbocycles. The molecule has 0 spiro atoms. The Morgan fingerprint density at radius 3 is 2.72 bits per heavy atom. The summed E-state index contributed by atoms with van der Waals surface area (Å²) in [6.07, 6.45) is 11.9. The Balaban J connectivity index is 1.77. The number of aliphatic hydroxyl groups is 4. The van der Waals surface area contributed by atoms with Crippen LogP contribution >= 0.6 is 0 Å². The molecule has 25 heavy (non-hydrogen) atoms. The summed E-state index contributed by atoms with van der Waals surface area (Å²) in [6, 6.07) is 0. The third-order valence-corrected chi connectivity index (χ3v) is 8.40. The normalized spacial score (nSPS) is 54.7. The minimum Gasteiger partial charge on any atom is -0.396 e. The zero-order valence-corrected chi connectivity index (χ0v) is 15.0. The van der Waals surface area contributed by atoms with Crippen LogP contribution in [-0.2, 0) is 0 Å². The lowest BCUT2D eigenvalue weighted by molar-refractivity contribution is -0.174. The van der Waals surface area contributed by atoms with Gasteiger partial charge in [0.15, 0.2) is 0 Å². The van der Waals surface area contributed by atoms with Gasteiger partial charge < -0.3 is 20.4 Å². The molecule has 0 heterocycles. The van der Waals surface area contributed by atoms with E-state index in [2.05, 4.69) is 18.9 Å². The fraction of sp³-hybridized carbons (Fsp3) is 0.810. The summed E-state index contributed by atoms with van der Waals surface area (Å²) in [4.78, 5) is 0. The molecule has 0 aliphatic heterocycles. The van der Waals surface area contributed by atoms with Gasteiger partial charge in [0.2, 0.25) is 0 Å². The van der Waals surface area contributed by atoms with Gasteiger partial charge in [-0.05, 0) is 68.1 Å². The maximum absolute atomic E-state index is 11.2. The smallest absolute Gasteiger partial charge is 0.133 e. The summed E-state index contributed by atoms with van der Waals surface area (Å²) in [7, 11) is 0. The monoisotopic (exact) mass is 346 g/mol. The van der Waals surface area contributed by atoms with Crippen molar-refractivity contribution in [3.05, 3.63) is 11.6 Å². The summed E-state index contributed by atoms with van der Waals surface area (Å²) in [5, 5.41) is 42.5. The molecule has 4 aliphatic rings. The largest absolute Gasteiger partial charge is 0.396 e. The highest BCUT2D eigenvalue weighted by atomic mass is 16.3. The molecule has 4 rings (SSSR count). The topological polar surface area (TPSA) is 80.9 Å². The van der Waals surface area contributed by atoms with E-state index in [0.29, 0.717) is 19.3 Å². The summed E-state index contributed by atoms with van der Waals surface area (Å²) in [6.45, 7) is 2.06. The number of hydrogen-bond donors (Lipinski definition) is 4. The van der Waals surface area contributed by atoms with Crippen molar-refractivity contribution in [1.82, 2.24) is 0 Å². The number of allylic oxidation sites excluding steroid dienone is 1. The van der Waals surface area contributed by atoms with Crippen molar-refractivity contribution in [2.45, 2.75) is 69.7 Å². The average molecular weight is 346 g/mol. The minimum atomic E-state index is -1.33. The average Bonchev–Trinajstić information content (AvgIpc) is 2.89. The van der Waals surface area contributed by atoms with E-state index in [0.717, 1.165) is 25.7 Å². The second-order valence-corrected chi connectivity index (χ2v) is 9.20. The maximum atomic E-state index is 11.2. The van der Waals surface area contributed by atoms with Gasteiger partial charge in [-0.15, -0.1) is 6.42 Å². The van der Waals surface area contributed by atoms with Gasteiger partial charge in [-0.2, -0.15) is 0 Å². The highest BCUT2D eigenvalue weighted by Gasteiger charge is 2.67. The summed E-state index contributed by atoms with van der Waals surface area (Å²) < 4.78 is 0. The molecule has 0 amide bonds. The van der Waals surface area contributed by atoms with E-state index < -0.39 is 17.1 Å². The van der Waals surface area contributed by atoms with Crippen molar-refractivity contribution in [3.63, 3.8) is 0 Å². The van der Waals surface area contributed by atoms with Crippen molar-refractivity contribution >= 4 is 0 Å². The highest BCUT2D eigenvalue weighted by molar-refractivity contribution is 5.30. The predicted molar refractivity (Wildman–Crippen MR) is 94.3 cm³/mol. The SMILES string of the molecule is C#C[C@]1(O)CC[C@H]2[C@@H]3CC=C4C[C@@H](O)CC[C@]4(C)[C@H]3[C@H](O)C[C@@]21CO. The lowest BCUT2D eigenvalue weighted by Crippen LogP contribution is -2.61. The number of rotatable bonds is 1. The molecule has 4 nitrogen and oxygen atoms in total. The molecule has 138 valence electrons. The van der Waals surface area contributed by atoms with Crippen LogP contribution in [0.2, 0.25) is 0 Å². The van der Waals surface area contributed by atoms with Gasteiger partial charge in [0.25, 0.3) is 0 Å².